The van der Waals surface area contributed by atoms with Gasteiger partial charge in [0, 0.05) is 17.5 Å². The van der Waals surface area contributed by atoms with Gasteiger partial charge in [-0.25, -0.2) is 9.97 Å². The van der Waals surface area contributed by atoms with Crippen molar-refractivity contribution in [3.63, 3.8) is 0 Å². The molecule has 134 valence electrons. The van der Waals surface area contributed by atoms with Crippen LogP contribution in [0.1, 0.15) is 30.2 Å². The molecule has 1 aromatic carbocycles. The second-order valence-electron chi connectivity index (χ2n) is 6.33. The minimum atomic E-state index is -0.113. The largest absolute Gasteiger partial charge is 0.495 e. The van der Waals surface area contributed by atoms with E-state index in [9.17, 15) is 4.79 Å². The number of hydrogen-bond donors (Lipinski definition) is 2. The number of nitrogens with zero attached hydrogens (tertiary/aromatic N) is 2. The number of aromatic nitrogens is 2. The zero-order valence-corrected chi connectivity index (χ0v) is 15.6. The van der Waals surface area contributed by atoms with E-state index in [2.05, 4.69) is 20.6 Å². The first-order valence-corrected chi connectivity index (χ1v) is 9.45. The Bertz CT molecular complexity index is 983. The molecule has 6 nitrogen and oxygen atoms in total. The fourth-order valence-corrected chi connectivity index (χ4v) is 4.63. The fourth-order valence-electron chi connectivity index (χ4n) is 3.40. The van der Waals surface area contributed by atoms with Crippen LogP contribution < -0.4 is 15.4 Å². The van der Waals surface area contributed by atoms with Gasteiger partial charge < -0.3 is 15.4 Å². The second kappa shape index (κ2) is 6.92. The van der Waals surface area contributed by atoms with Crippen LogP contribution in [-0.4, -0.2) is 23.0 Å². The third-order valence-corrected chi connectivity index (χ3v) is 5.72. The molecule has 0 radical (unpaired) electrons. The van der Waals surface area contributed by atoms with E-state index in [0.29, 0.717) is 11.4 Å². The van der Waals surface area contributed by atoms with Crippen LogP contribution in [0.4, 0.5) is 17.2 Å². The number of ether oxygens (including phenoxy) is 1. The molecule has 1 aliphatic carbocycles. The van der Waals surface area contributed by atoms with Crippen molar-refractivity contribution in [3.8, 4) is 5.75 Å². The molecule has 4 rings (SSSR count). The van der Waals surface area contributed by atoms with Gasteiger partial charge >= 0.3 is 0 Å². The lowest BCUT2D eigenvalue weighted by molar-refractivity contribution is -0.114. The van der Waals surface area contributed by atoms with Gasteiger partial charge in [0.1, 0.15) is 22.7 Å². The number of benzene rings is 1. The number of methoxy groups -OCH3 is 1. The highest BCUT2D eigenvalue weighted by molar-refractivity contribution is 7.19. The van der Waals surface area contributed by atoms with Crippen molar-refractivity contribution in [2.75, 3.05) is 17.7 Å². The van der Waals surface area contributed by atoms with E-state index >= 15 is 0 Å². The average molecular weight is 368 g/mol. The van der Waals surface area contributed by atoms with E-state index in [4.69, 9.17) is 4.74 Å². The maximum Gasteiger partial charge on any atom is 0.221 e. The van der Waals surface area contributed by atoms with Gasteiger partial charge in [0.2, 0.25) is 5.91 Å². The Morgan fingerprint density at radius 1 is 1.23 bits per heavy atom. The number of nitrogens with one attached hydrogen (secondary N) is 2. The van der Waals surface area contributed by atoms with Crippen LogP contribution in [0.5, 0.6) is 5.75 Å². The van der Waals surface area contributed by atoms with E-state index in [0.717, 1.165) is 34.6 Å². The van der Waals surface area contributed by atoms with E-state index in [1.165, 1.54) is 30.2 Å². The van der Waals surface area contributed by atoms with Gasteiger partial charge in [-0.05, 0) is 49.4 Å². The summed E-state index contributed by atoms with van der Waals surface area (Å²) in [7, 11) is 1.63. The zero-order chi connectivity index (χ0) is 18.1. The van der Waals surface area contributed by atoms with Crippen molar-refractivity contribution in [1.29, 1.82) is 0 Å². The Kier molecular flexibility index (Phi) is 4.46. The molecule has 2 heterocycles. The van der Waals surface area contributed by atoms with Gasteiger partial charge in [-0.2, -0.15) is 0 Å². The number of hydrogen-bond acceptors (Lipinski definition) is 6. The topological polar surface area (TPSA) is 76.1 Å². The molecule has 0 bridgehead atoms. The third-order valence-electron chi connectivity index (χ3n) is 4.52. The van der Waals surface area contributed by atoms with Crippen LogP contribution >= 0.6 is 11.3 Å². The summed E-state index contributed by atoms with van der Waals surface area (Å²) >= 11 is 1.77. The molecule has 1 aliphatic rings. The van der Waals surface area contributed by atoms with Crippen LogP contribution in [0.3, 0.4) is 0 Å². The summed E-state index contributed by atoms with van der Waals surface area (Å²) in [4.78, 5) is 22.8. The van der Waals surface area contributed by atoms with Crippen LogP contribution in [0.2, 0.25) is 0 Å². The minimum absolute atomic E-state index is 0.113. The summed E-state index contributed by atoms with van der Waals surface area (Å²) in [5.74, 6) is 1.36. The molecule has 0 spiro atoms. The van der Waals surface area contributed by atoms with E-state index in [1.807, 2.05) is 18.2 Å². The molecule has 26 heavy (non-hydrogen) atoms. The Morgan fingerprint density at radius 2 is 2.08 bits per heavy atom. The molecule has 0 saturated carbocycles. The van der Waals surface area contributed by atoms with Gasteiger partial charge in [0.15, 0.2) is 0 Å². The minimum Gasteiger partial charge on any atom is -0.495 e. The summed E-state index contributed by atoms with van der Waals surface area (Å²) in [5.41, 5.74) is 2.84. The third kappa shape index (κ3) is 3.10. The summed E-state index contributed by atoms with van der Waals surface area (Å²) in [5, 5.41) is 7.31. The lowest BCUT2D eigenvalue weighted by Gasteiger charge is -2.15. The number of aryl methyl sites for hydroxylation is 2. The van der Waals surface area contributed by atoms with Crippen molar-refractivity contribution in [3.05, 3.63) is 35.0 Å². The molecule has 1 amide bonds. The zero-order valence-electron chi connectivity index (χ0n) is 14.8. The standard InChI is InChI=1S/C19H20N4O2S/c1-11(24)22-12-7-8-15(25-2)14(9-12)23-18-17-13-5-3-4-6-16(13)26-19(17)21-10-20-18/h7-10H,3-6H2,1-2H3,(H,22,24)(H,20,21,23). The first-order valence-electron chi connectivity index (χ1n) is 8.63. The van der Waals surface area contributed by atoms with E-state index < -0.39 is 0 Å². The molecular formula is C19H20N4O2S. The molecule has 0 fully saturated rings. The molecule has 0 saturated heterocycles. The number of thiophene rings is 1. The first kappa shape index (κ1) is 16.8. The molecule has 2 N–H and O–H groups in total. The Labute approximate surface area is 155 Å². The van der Waals surface area contributed by atoms with Crippen molar-refractivity contribution >= 4 is 44.7 Å². The molecule has 2 aromatic heterocycles. The highest BCUT2D eigenvalue weighted by atomic mass is 32.1. The molecular weight excluding hydrogens is 348 g/mol. The Hall–Kier alpha value is -2.67. The molecule has 0 aliphatic heterocycles. The molecule has 7 heteroatoms. The fraction of sp³-hybridized carbons (Fsp3) is 0.316. The van der Waals surface area contributed by atoms with Gasteiger partial charge in [0.25, 0.3) is 0 Å². The van der Waals surface area contributed by atoms with Crippen LogP contribution in [0, 0.1) is 0 Å². The van der Waals surface area contributed by atoms with Gasteiger partial charge in [-0.15, -0.1) is 11.3 Å². The summed E-state index contributed by atoms with van der Waals surface area (Å²) in [6, 6.07) is 5.50. The van der Waals surface area contributed by atoms with E-state index in [-0.39, 0.29) is 5.91 Å². The number of carbonyl (C=O) groups is 1. The Morgan fingerprint density at radius 3 is 2.88 bits per heavy atom. The number of fused-ring (bicyclic) bond motifs is 3. The summed E-state index contributed by atoms with van der Waals surface area (Å²) in [6.07, 6.45) is 6.23. The summed E-state index contributed by atoms with van der Waals surface area (Å²) < 4.78 is 5.47. The predicted molar refractivity (Wildman–Crippen MR) is 105 cm³/mol. The second-order valence-corrected chi connectivity index (χ2v) is 7.42. The van der Waals surface area contributed by atoms with Crippen molar-refractivity contribution in [1.82, 2.24) is 9.97 Å². The maximum absolute atomic E-state index is 11.4. The van der Waals surface area contributed by atoms with Crippen LogP contribution in [0.15, 0.2) is 24.5 Å². The van der Waals surface area contributed by atoms with Crippen molar-refractivity contribution in [2.24, 2.45) is 0 Å². The lowest BCUT2D eigenvalue weighted by atomic mass is 9.97. The lowest BCUT2D eigenvalue weighted by Crippen LogP contribution is -2.06. The normalized spacial score (nSPS) is 13.3. The average Bonchev–Trinajstić information content (AvgIpc) is 3.01. The number of rotatable bonds is 4. The van der Waals surface area contributed by atoms with Gasteiger partial charge in [-0.1, -0.05) is 0 Å². The quantitative estimate of drug-likeness (QED) is 0.719. The molecule has 0 atom stereocenters. The maximum atomic E-state index is 11.4. The van der Waals surface area contributed by atoms with Crippen molar-refractivity contribution < 1.29 is 9.53 Å². The van der Waals surface area contributed by atoms with Gasteiger partial charge in [-0.3, -0.25) is 4.79 Å². The monoisotopic (exact) mass is 368 g/mol. The summed E-state index contributed by atoms with van der Waals surface area (Å²) in [6.45, 7) is 1.49. The van der Waals surface area contributed by atoms with Crippen molar-refractivity contribution in [2.45, 2.75) is 32.6 Å². The SMILES string of the molecule is COc1ccc(NC(C)=O)cc1Nc1ncnc2sc3c(c12)CCCC3. The highest BCUT2D eigenvalue weighted by Gasteiger charge is 2.20. The predicted octanol–water partition coefficient (Wildman–Crippen LogP) is 4.28. The Balaban J connectivity index is 1.77. The highest BCUT2D eigenvalue weighted by Crippen LogP contribution is 2.40. The van der Waals surface area contributed by atoms with Crippen LogP contribution in [-0.2, 0) is 17.6 Å². The van der Waals surface area contributed by atoms with E-state index in [1.54, 1.807) is 24.8 Å². The first-order chi connectivity index (χ1) is 12.7. The van der Waals surface area contributed by atoms with Crippen LogP contribution in [0.25, 0.3) is 10.2 Å². The molecule has 0 unspecified atom stereocenters. The molecule has 3 aromatic rings. The smallest absolute Gasteiger partial charge is 0.221 e. The number of carbonyl (C=O) groups excluding carboxylic acids is 1. The number of anilines is 3. The number of amides is 1. The van der Waals surface area contributed by atoms with Gasteiger partial charge in [0.05, 0.1) is 18.2 Å².